The van der Waals surface area contributed by atoms with E-state index in [1.165, 1.54) is 6.92 Å². The van der Waals surface area contributed by atoms with Crippen molar-refractivity contribution in [2.75, 3.05) is 10.6 Å². The Bertz CT molecular complexity index is 1170. The number of halogens is 3. The molecule has 35 heavy (non-hydrogen) atoms. The Morgan fingerprint density at radius 1 is 1.03 bits per heavy atom. The van der Waals surface area contributed by atoms with Crippen molar-refractivity contribution in [2.24, 2.45) is 0 Å². The number of hydrogen-bond donors (Lipinski definition) is 3. The van der Waals surface area contributed by atoms with Crippen LogP contribution in [0, 0.1) is 0 Å². The van der Waals surface area contributed by atoms with Gasteiger partial charge in [-0.15, -0.1) is 0 Å². The van der Waals surface area contributed by atoms with E-state index in [1.807, 2.05) is 23.1 Å². The predicted molar refractivity (Wildman–Crippen MR) is 123 cm³/mol. The molecule has 1 saturated heterocycles. The van der Waals surface area contributed by atoms with Gasteiger partial charge in [-0.05, 0) is 55.4 Å². The van der Waals surface area contributed by atoms with Crippen molar-refractivity contribution in [3.63, 3.8) is 0 Å². The first kappa shape index (κ1) is 23.4. The molecule has 2 bridgehead atoms. The minimum Gasteiger partial charge on any atom is -0.365 e. The summed E-state index contributed by atoms with van der Waals surface area (Å²) in [4.78, 5) is 33.6. The predicted octanol–water partition coefficient (Wildman–Crippen LogP) is 4.45. The summed E-state index contributed by atoms with van der Waals surface area (Å²) in [6.07, 6.45) is 0.0516. The second kappa shape index (κ2) is 8.69. The van der Waals surface area contributed by atoms with Gasteiger partial charge in [0.1, 0.15) is 11.4 Å². The maximum Gasteiger partial charge on any atom is 0.421 e. The largest absolute Gasteiger partial charge is 0.421 e. The van der Waals surface area contributed by atoms with E-state index in [1.54, 1.807) is 6.92 Å². The summed E-state index contributed by atoms with van der Waals surface area (Å²) in [5.41, 5.74) is 1.85. The number of nitrogens with zero attached hydrogens (tertiary/aromatic N) is 3. The number of fused-ring (bicyclic) bond motifs is 5. The van der Waals surface area contributed by atoms with Crippen LogP contribution in [0.15, 0.2) is 24.4 Å². The van der Waals surface area contributed by atoms with Crippen LogP contribution in [-0.4, -0.2) is 38.8 Å². The Kier molecular flexibility index (Phi) is 5.80. The van der Waals surface area contributed by atoms with Gasteiger partial charge in [0.15, 0.2) is 0 Å². The average molecular weight is 489 g/mol. The second-order valence-electron chi connectivity index (χ2n) is 9.45. The topological polar surface area (TPSA) is 99.2 Å². The molecule has 3 aliphatic rings. The molecule has 0 radical (unpaired) electrons. The van der Waals surface area contributed by atoms with Crippen LogP contribution in [0.4, 0.5) is 30.6 Å². The lowest BCUT2D eigenvalue weighted by atomic mass is 9.91. The molecule has 1 aromatic carbocycles. The van der Waals surface area contributed by atoms with Gasteiger partial charge in [-0.3, -0.25) is 9.59 Å². The Balaban J connectivity index is 1.40. The molecule has 0 spiro atoms. The van der Waals surface area contributed by atoms with Crippen molar-refractivity contribution < 1.29 is 22.8 Å². The molecule has 1 saturated carbocycles. The third-order valence-electron chi connectivity index (χ3n) is 7.13. The number of amides is 2. The van der Waals surface area contributed by atoms with E-state index in [9.17, 15) is 22.8 Å². The summed E-state index contributed by atoms with van der Waals surface area (Å²) < 4.78 is 41.1. The van der Waals surface area contributed by atoms with Crippen molar-refractivity contribution in [2.45, 2.75) is 76.3 Å². The molecule has 8 nitrogen and oxygen atoms in total. The lowest BCUT2D eigenvalue weighted by molar-refractivity contribution is -0.137. The zero-order valence-electron chi connectivity index (χ0n) is 19.4. The number of nitrogens with one attached hydrogen (secondary N) is 3. The second-order valence-corrected chi connectivity index (χ2v) is 9.45. The molecule has 2 fully saturated rings. The van der Waals surface area contributed by atoms with Crippen LogP contribution in [0.5, 0.6) is 0 Å². The summed E-state index contributed by atoms with van der Waals surface area (Å²) >= 11 is 0. The summed E-state index contributed by atoms with van der Waals surface area (Å²) in [6, 6.07) is 5.18. The minimum atomic E-state index is -4.63. The highest BCUT2D eigenvalue weighted by molar-refractivity contribution is 5.77. The quantitative estimate of drug-likeness (QED) is 0.575. The van der Waals surface area contributed by atoms with Crippen molar-refractivity contribution in [3.05, 3.63) is 41.1 Å². The van der Waals surface area contributed by atoms with Crippen LogP contribution >= 0.6 is 0 Å². The van der Waals surface area contributed by atoms with Crippen LogP contribution in [0.2, 0.25) is 0 Å². The highest BCUT2D eigenvalue weighted by atomic mass is 19.4. The maximum absolute atomic E-state index is 13.7. The zero-order chi connectivity index (χ0) is 24.9. The van der Waals surface area contributed by atoms with E-state index in [-0.39, 0.29) is 47.7 Å². The molecular formula is C24H27F3N6O2. The molecule has 186 valence electrons. The number of hydrogen-bond acceptors (Lipinski definition) is 6. The van der Waals surface area contributed by atoms with Crippen LogP contribution < -0.4 is 16.0 Å². The van der Waals surface area contributed by atoms with Gasteiger partial charge in [0.2, 0.25) is 17.8 Å². The van der Waals surface area contributed by atoms with Crippen molar-refractivity contribution in [3.8, 4) is 0 Å². The van der Waals surface area contributed by atoms with Gasteiger partial charge < -0.3 is 20.9 Å². The van der Waals surface area contributed by atoms with E-state index >= 15 is 0 Å². The minimum absolute atomic E-state index is 0.0214. The SMILES string of the molecule is CC(=O)N[C@@H]1CCC[C@H]1Nc1nc(Nc2ccc3c(c2)C2CCC3N2C(C)=O)ncc1C(F)(F)F. The molecule has 1 aliphatic carbocycles. The van der Waals surface area contributed by atoms with E-state index < -0.39 is 11.7 Å². The fourth-order valence-corrected chi connectivity index (χ4v) is 5.74. The first-order valence-electron chi connectivity index (χ1n) is 11.8. The fraction of sp³-hybridized carbons (Fsp3) is 0.500. The molecule has 2 aliphatic heterocycles. The molecule has 3 heterocycles. The summed E-state index contributed by atoms with van der Waals surface area (Å²) in [5.74, 6) is -0.478. The zero-order valence-corrected chi connectivity index (χ0v) is 19.4. The van der Waals surface area contributed by atoms with Crippen molar-refractivity contribution in [1.29, 1.82) is 0 Å². The highest BCUT2D eigenvalue weighted by Crippen LogP contribution is 2.53. The smallest absolute Gasteiger partial charge is 0.365 e. The van der Waals surface area contributed by atoms with Gasteiger partial charge in [0, 0.05) is 37.8 Å². The third kappa shape index (κ3) is 4.39. The molecule has 5 rings (SSSR count). The Morgan fingerprint density at radius 3 is 2.43 bits per heavy atom. The van der Waals surface area contributed by atoms with Gasteiger partial charge in [-0.1, -0.05) is 6.07 Å². The number of carbonyl (C=O) groups excluding carboxylic acids is 2. The van der Waals surface area contributed by atoms with Gasteiger partial charge in [-0.25, -0.2) is 4.98 Å². The normalized spacial score (nSPS) is 24.9. The Labute approximate surface area is 200 Å². The molecule has 11 heteroatoms. The molecule has 4 atom stereocenters. The third-order valence-corrected chi connectivity index (χ3v) is 7.13. The molecule has 1 aromatic heterocycles. The molecule has 2 amide bonds. The first-order valence-corrected chi connectivity index (χ1v) is 11.8. The van der Waals surface area contributed by atoms with E-state index in [0.29, 0.717) is 18.5 Å². The van der Waals surface area contributed by atoms with Crippen molar-refractivity contribution >= 4 is 29.3 Å². The van der Waals surface area contributed by atoms with Gasteiger partial charge in [0.25, 0.3) is 0 Å². The van der Waals surface area contributed by atoms with E-state index in [2.05, 4.69) is 25.9 Å². The lowest BCUT2D eigenvalue weighted by Crippen LogP contribution is -2.42. The first-order chi connectivity index (χ1) is 16.6. The number of rotatable bonds is 5. The summed E-state index contributed by atoms with van der Waals surface area (Å²) in [5, 5.41) is 8.73. The van der Waals surface area contributed by atoms with Gasteiger partial charge in [-0.2, -0.15) is 18.2 Å². The Hall–Kier alpha value is -3.37. The molecular weight excluding hydrogens is 461 g/mol. The number of anilines is 3. The Morgan fingerprint density at radius 2 is 1.74 bits per heavy atom. The van der Waals surface area contributed by atoms with Crippen LogP contribution in [0.25, 0.3) is 0 Å². The number of aromatic nitrogens is 2. The number of carbonyl (C=O) groups is 2. The average Bonchev–Trinajstić information content (AvgIpc) is 3.47. The lowest BCUT2D eigenvalue weighted by Gasteiger charge is -2.24. The number of benzene rings is 1. The monoisotopic (exact) mass is 488 g/mol. The van der Waals surface area contributed by atoms with Gasteiger partial charge in [0.05, 0.1) is 12.1 Å². The molecule has 2 unspecified atom stereocenters. The van der Waals surface area contributed by atoms with Gasteiger partial charge >= 0.3 is 6.18 Å². The molecule has 2 aromatic rings. The summed E-state index contributed by atoms with van der Waals surface area (Å²) in [7, 11) is 0. The summed E-state index contributed by atoms with van der Waals surface area (Å²) in [6.45, 7) is 2.96. The highest BCUT2D eigenvalue weighted by Gasteiger charge is 2.45. The van der Waals surface area contributed by atoms with E-state index in [4.69, 9.17) is 0 Å². The number of alkyl halides is 3. The standard InChI is InChI=1S/C24H27F3N6O2/c1-12(34)29-18-4-3-5-19(18)31-22-17(24(25,26)27)11-28-23(32-22)30-14-6-7-15-16(10-14)21-9-8-20(15)33(21)13(2)35/h6-7,10-11,18-21H,3-5,8-9H2,1-2H3,(H,29,34)(H2,28,30,31,32)/t18-,19-,20?,21?/m1/s1. The van der Waals surface area contributed by atoms with Crippen LogP contribution in [0.3, 0.4) is 0 Å². The van der Waals surface area contributed by atoms with Crippen LogP contribution in [-0.2, 0) is 15.8 Å². The van der Waals surface area contributed by atoms with Crippen molar-refractivity contribution in [1.82, 2.24) is 20.2 Å². The fourth-order valence-electron chi connectivity index (χ4n) is 5.74. The molecule has 3 N–H and O–H groups in total. The van der Waals surface area contributed by atoms with E-state index in [0.717, 1.165) is 36.6 Å². The maximum atomic E-state index is 13.7. The van der Waals surface area contributed by atoms with Crippen LogP contribution in [0.1, 0.15) is 74.7 Å².